The molecule has 156 valence electrons. The number of rotatable bonds is 8. The molecule has 0 aliphatic carbocycles. The Bertz CT molecular complexity index is 761. The van der Waals surface area contributed by atoms with Crippen LogP contribution in [0.3, 0.4) is 0 Å². The minimum Gasteiger partial charge on any atom is -0.379 e. The van der Waals surface area contributed by atoms with Crippen LogP contribution < -0.4 is 5.32 Å². The fourth-order valence-corrected chi connectivity index (χ4v) is 3.80. The van der Waals surface area contributed by atoms with Gasteiger partial charge < -0.3 is 15.0 Å². The van der Waals surface area contributed by atoms with E-state index >= 15 is 0 Å². The van der Waals surface area contributed by atoms with Gasteiger partial charge in [0.2, 0.25) is 0 Å². The van der Waals surface area contributed by atoms with Crippen LogP contribution >= 0.6 is 23.8 Å². The SMILES string of the molecule is CCc1ccc(CN(CCCN2CCOCC2)C(=S)Nc2ccc(Cl)cc2)cc1. The normalized spacial score (nSPS) is 14.6. The number of anilines is 1. The topological polar surface area (TPSA) is 27.7 Å². The molecule has 0 bridgehead atoms. The van der Waals surface area contributed by atoms with Crippen LogP contribution in [-0.4, -0.2) is 54.3 Å². The molecule has 4 nitrogen and oxygen atoms in total. The molecule has 1 aliphatic rings. The minimum absolute atomic E-state index is 0.722. The molecule has 0 amide bonds. The number of benzene rings is 2. The van der Waals surface area contributed by atoms with Gasteiger partial charge in [0.25, 0.3) is 0 Å². The van der Waals surface area contributed by atoms with E-state index in [1.807, 2.05) is 24.3 Å². The number of morpholine rings is 1. The van der Waals surface area contributed by atoms with Crippen molar-refractivity contribution in [2.45, 2.75) is 26.3 Å². The molecule has 29 heavy (non-hydrogen) atoms. The van der Waals surface area contributed by atoms with E-state index in [1.165, 1.54) is 11.1 Å². The molecule has 1 N–H and O–H groups in total. The van der Waals surface area contributed by atoms with Gasteiger partial charge in [-0.3, -0.25) is 4.90 Å². The van der Waals surface area contributed by atoms with Crippen LogP contribution in [0, 0.1) is 0 Å². The first-order valence-electron chi connectivity index (χ1n) is 10.3. The molecule has 0 spiro atoms. The summed E-state index contributed by atoms with van der Waals surface area (Å²) >= 11 is 11.8. The number of nitrogens with one attached hydrogen (secondary N) is 1. The maximum absolute atomic E-state index is 6.00. The van der Waals surface area contributed by atoms with Gasteiger partial charge in [0.15, 0.2) is 5.11 Å². The molecule has 2 aromatic rings. The Morgan fingerprint density at radius 3 is 2.38 bits per heavy atom. The lowest BCUT2D eigenvalue weighted by atomic mass is 10.1. The van der Waals surface area contributed by atoms with Gasteiger partial charge in [-0.05, 0) is 60.5 Å². The molecule has 1 heterocycles. The molecule has 1 saturated heterocycles. The van der Waals surface area contributed by atoms with Crippen molar-refractivity contribution in [1.82, 2.24) is 9.80 Å². The summed E-state index contributed by atoms with van der Waals surface area (Å²) in [5.74, 6) is 0. The van der Waals surface area contributed by atoms with Crippen molar-refractivity contribution in [3.8, 4) is 0 Å². The Morgan fingerprint density at radius 1 is 1.07 bits per heavy atom. The van der Waals surface area contributed by atoms with Gasteiger partial charge in [0.05, 0.1) is 13.2 Å². The first-order chi connectivity index (χ1) is 14.1. The van der Waals surface area contributed by atoms with E-state index < -0.39 is 0 Å². The van der Waals surface area contributed by atoms with Crippen LogP contribution in [0.1, 0.15) is 24.5 Å². The highest BCUT2D eigenvalue weighted by molar-refractivity contribution is 7.80. The number of halogens is 1. The van der Waals surface area contributed by atoms with Gasteiger partial charge >= 0.3 is 0 Å². The van der Waals surface area contributed by atoms with E-state index in [-0.39, 0.29) is 0 Å². The number of hydrogen-bond donors (Lipinski definition) is 1. The van der Waals surface area contributed by atoms with Crippen molar-refractivity contribution < 1.29 is 4.74 Å². The molecule has 0 aromatic heterocycles. The Kier molecular flexibility index (Phi) is 8.74. The van der Waals surface area contributed by atoms with Crippen molar-refractivity contribution in [1.29, 1.82) is 0 Å². The summed E-state index contributed by atoms with van der Waals surface area (Å²) in [7, 11) is 0. The largest absolute Gasteiger partial charge is 0.379 e. The van der Waals surface area contributed by atoms with Gasteiger partial charge in [-0.1, -0.05) is 42.8 Å². The zero-order chi connectivity index (χ0) is 20.5. The lowest BCUT2D eigenvalue weighted by Gasteiger charge is -2.29. The molecule has 0 unspecified atom stereocenters. The van der Waals surface area contributed by atoms with Gasteiger partial charge in [0, 0.05) is 43.4 Å². The predicted molar refractivity (Wildman–Crippen MR) is 126 cm³/mol. The number of aryl methyl sites for hydroxylation is 1. The molecular weight excluding hydrogens is 402 g/mol. The highest BCUT2D eigenvalue weighted by Crippen LogP contribution is 2.16. The van der Waals surface area contributed by atoms with E-state index in [9.17, 15) is 0 Å². The van der Waals surface area contributed by atoms with E-state index in [0.717, 1.165) is 74.6 Å². The molecular formula is C23H30ClN3OS. The molecule has 0 saturated carbocycles. The summed E-state index contributed by atoms with van der Waals surface area (Å²) in [5, 5.41) is 4.83. The lowest BCUT2D eigenvalue weighted by Crippen LogP contribution is -2.40. The van der Waals surface area contributed by atoms with Crippen molar-refractivity contribution in [3.05, 3.63) is 64.7 Å². The predicted octanol–water partition coefficient (Wildman–Crippen LogP) is 4.82. The summed E-state index contributed by atoms with van der Waals surface area (Å²) < 4.78 is 5.45. The van der Waals surface area contributed by atoms with Gasteiger partial charge in [0.1, 0.15) is 0 Å². The van der Waals surface area contributed by atoms with Crippen molar-refractivity contribution in [3.63, 3.8) is 0 Å². The number of hydrogen-bond acceptors (Lipinski definition) is 3. The Hall–Kier alpha value is -1.66. The van der Waals surface area contributed by atoms with Crippen LogP contribution in [0.2, 0.25) is 5.02 Å². The van der Waals surface area contributed by atoms with Gasteiger partial charge in [-0.25, -0.2) is 0 Å². The summed E-state index contributed by atoms with van der Waals surface area (Å²) in [4.78, 5) is 4.72. The zero-order valence-electron chi connectivity index (χ0n) is 17.1. The fraction of sp³-hybridized carbons (Fsp3) is 0.435. The van der Waals surface area contributed by atoms with Crippen LogP contribution in [0.15, 0.2) is 48.5 Å². The second-order valence-electron chi connectivity index (χ2n) is 7.34. The Balaban J connectivity index is 1.61. The molecule has 0 radical (unpaired) electrons. The van der Waals surface area contributed by atoms with Crippen LogP contribution in [-0.2, 0) is 17.7 Å². The highest BCUT2D eigenvalue weighted by Gasteiger charge is 2.14. The van der Waals surface area contributed by atoms with E-state index in [0.29, 0.717) is 0 Å². The average Bonchev–Trinajstić information content (AvgIpc) is 2.76. The molecule has 2 aromatic carbocycles. The van der Waals surface area contributed by atoms with E-state index in [2.05, 4.69) is 46.3 Å². The fourth-order valence-electron chi connectivity index (χ4n) is 3.40. The van der Waals surface area contributed by atoms with Crippen molar-refractivity contribution in [2.75, 3.05) is 44.7 Å². The first kappa shape index (κ1) is 22.0. The number of nitrogens with zero attached hydrogens (tertiary/aromatic N) is 2. The molecule has 6 heteroatoms. The third kappa shape index (κ3) is 7.27. The molecule has 3 rings (SSSR count). The summed E-state index contributed by atoms with van der Waals surface area (Å²) in [6.07, 6.45) is 2.12. The van der Waals surface area contributed by atoms with E-state index in [1.54, 1.807) is 0 Å². The Morgan fingerprint density at radius 2 is 1.72 bits per heavy atom. The maximum atomic E-state index is 6.00. The first-order valence-corrected chi connectivity index (χ1v) is 11.1. The van der Waals surface area contributed by atoms with Crippen molar-refractivity contribution >= 4 is 34.6 Å². The monoisotopic (exact) mass is 431 g/mol. The smallest absolute Gasteiger partial charge is 0.173 e. The van der Waals surface area contributed by atoms with Crippen LogP contribution in [0.25, 0.3) is 0 Å². The molecule has 1 aliphatic heterocycles. The number of ether oxygens (including phenoxy) is 1. The third-order valence-corrected chi connectivity index (χ3v) is 5.81. The average molecular weight is 432 g/mol. The second kappa shape index (κ2) is 11.5. The summed E-state index contributed by atoms with van der Waals surface area (Å²) in [6, 6.07) is 16.5. The summed E-state index contributed by atoms with van der Waals surface area (Å²) in [6.45, 7) is 8.67. The standard InChI is InChI=1S/C23H30ClN3OS/c1-2-19-4-6-20(7-5-19)18-27(13-3-12-26-14-16-28-17-15-26)23(29)25-22-10-8-21(24)9-11-22/h4-11H,2-3,12-18H2,1H3,(H,25,29). The van der Waals surface area contributed by atoms with Crippen LogP contribution in [0.5, 0.6) is 0 Å². The maximum Gasteiger partial charge on any atom is 0.173 e. The van der Waals surface area contributed by atoms with Crippen molar-refractivity contribution in [2.24, 2.45) is 0 Å². The highest BCUT2D eigenvalue weighted by atomic mass is 35.5. The minimum atomic E-state index is 0.722. The van der Waals surface area contributed by atoms with E-state index in [4.69, 9.17) is 28.6 Å². The van der Waals surface area contributed by atoms with Gasteiger partial charge in [-0.15, -0.1) is 0 Å². The number of thiocarbonyl (C=S) groups is 1. The lowest BCUT2D eigenvalue weighted by molar-refractivity contribution is 0.0368. The van der Waals surface area contributed by atoms with Crippen LogP contribution in [0.4, 0.5) is 5.69 Å². The molecule has 1 fully saturated rings. The van der Waals surface area contributed by atoms with Gasteiger partial charge in [-0.2, -0.15) is 0 Å². The summed E-state index contributed by atoms with van der Waals surface area (Å²) in [5.41, 5.74) is 3.59. The molecule has 0 atom stereocenters. The Labute approximate surface area is 184 Å². The zero-order valence-corrected chi connectivity index (χ0v) is 18.6. The quantitative estimate of drug-likeness (QED) is 0.604. The second-order valence-corrected chi connectivity index (χ2v) is 8.16. The third-order valence-electron chi connectivity index (χ3n) is 5.19.